The molecule has 43 heavy (non-hydrogen) atoms. The number of aromatic hydroxyl groups is 1. The number of anilines is 2. The molecule has 9 nitrogen and oxygen atoms in total. The van der Waals surface area contributed by atoms with Gasteiger partial charge in [-0.3, -0.25) is 14.3 Å². The third-order valence-corrected chi connectivity index (χ3v) is 8.32. The maximum atomic E-state index is 16.6. The summed E-state index contributed by atoms with van der Waals surface area (Å²) >= 11 is 0. The first-order chi connectivity index (χ1) is 20.5. The fraction of sp³-hybridized carbons (Fsp3) is 0.312. The molecule has 11 heteroatoms. The Labute approximate surface area is 247 Å². The predicted octanol–water partition coefficient (Wildman–Crippen LogP) is 4.88. The number of benzene rings is 2. The van der Waals surface area contributed by atoms with Crippen LogP contribution < -0.4 is 15.9 Å². The highest BCUT2D eigenvalue weighted by atomic mass is 19.1. The zero-order valence-corrected chi connectivity index (χ0v) is 24.4. The van der Waals surface area contributed by atoms with E-state index in [-0.39, 0.29) is 58.6 Å². The summed E-state index contributed by atoms with van der Waals surface area (Å²) in [6.07, 6.45) is 2.93. The summed E-state index contributed by atoms with van der Waals surface area (Å²) in [6.45, 7) is 12.2. The summed E-state index contributed by atoms with van der Waals surface area (Å²) in [5.74, 6) is -2.06. The molecule has 222 valence electrons. The van der Waals surface area contributed by atoms with Gasteiger partial charge in [0.05, 0.1) is 39.6 Å². The van der Waals surface area contributed by atoms with Crippen molar-refractivity contribution < 1.29 is 18.7 Å². The van der Waals surface area contributed by atoms with Crippen molar-refractivity contribution >= 4 is 28.3 Å². The molecule has 2 atom stereocenters. The molecule has 2 N–H and O–H groups in total. The minimum absolute atomic E-state index is 0.0299. The van der Waals surface area contributed by atoms with Gasteiger partial charge in [-0.25, -0.2) is 13.6 Å². The molecule has 2 unspecified atom stereocenters. The SMILES string of the molecule is C=CC(=O)N1CC(C)N2c3nc(=O)n(-c4c(C)ccnc4C(C)C)c4cc(-c5c(O)cccc5F)c(F)c(c34)NCC2C1. The maximum absolute atomic E-state index is 16.6. The number of piperazine rings is 1. The maximum Gasteiger partial charge on any atom is 0.354 e. The van der Waals surface area contributed by atoms with Crippen molar-refractivity contribution in [1.29, 1.82) is 0 Å². The number of carbonyl (C=O) groups is 1. The number of hydrogen-bond donors (Lipinski definition) is 2. The smallest absolute Gasteiger partial charge is 0.354 e. The summed E-state index contributed by atoms with van der Waals surface area (Å²) in [6, 6.07) is 6.32. The number of nitrogens with zero attached hydrogens (tertiary/aromatic N) is 5. The number of phenols is 1. The number of aromatic nitrogens is 3. The van der Waals surface area contributed by atoms with Crippen molar-refractivity contribution in [1.82, 2.24) is 19.4 Å². The Kier molecular flexibility index (Phi) is 6.90. The van der Waals surface area contributed by atoms with Gasteiger partial charge in [-0.15, -0.1) is 0 Å². The Balaban J connectivity index is 1.73. The monoisotopic (exact) mass is 586 g/mol. The van der Waals surface area contributed by atoms with E-state index in [9.17, 15) is 14.7 Å². The van der Waals surface area contributed by atoms with Crippen molar-refractivity contribution in [3.05, 3.63) is 82.6 Å². The van der Waals surface area contributed by atoms with Crippen LogP contribution in [-0.4, -0.2) is 62.2 Å². The zero-order chi connectivity index (χ0) is 30.7. The number of amides is 1. The second-order valence-electron chi connectivity index (χ2n) is 11.4. The zero-order valence-electron chi connectivity index (χ0n) is 24.4. The number of rotatable bonds is 4. The topological polar surface area (TPSA) is 104 Å². The Bertz CT molecular complexity index is 1850. The number of hydrogen-bond acceptors (Lipinski definition) is 7. The minimum atomic E-state index is -0.813. The molecule has 1 fully saturated rings. The molecule has 4 aromatic rings. The van der Waals surface area contributed by atoms with Crippen molar-refractivity contribution in [2.24, 2.45) is 0 Å². The van der Waals surface area contributed by atoms with E-state index < -0.39 is 23.1 Å². The highest BCUT2D eigenvalue weighted by Crippen LogP contribution is 2.45. The van der Waals surface area contributed by atoms with Gasteiger partial charge in [0.25, 0.3) is 0 Å². The van der Waals surface area contributed by atoms with Crippen molar-refractivity contribution in [3.8, 4) is 22.6 Å². The quantitative estimate of drug-likeness (QED) is 0.329. The Hall–Kier alpha value is -4.80. The molecule has 0 bridgehead atoms. The van der Waals surface area contributed by atoms with E-state index in [0.29, 0.717) is 29.9 Å². The van der Waals surface area contributed by atoms with E-state index >= 15 is 8.78 Å². The summed E-state index contributed by atoms with van der Waals surface area (Å²) in [4.78, 5) is 39.4. The van der Waals surface area contributed by atoms with E-state index in [1.165, 1.54) is 28.8 Å². The number of halogens is 2. The van der Waals surface area contributed by atoms with Crippen LogP contribution in [0.5, 0.6) is 5.75 Å². The highest BCUT2D eigenvalue weighted by Gasteiger charge is 2.39. The normalized spacial score (nSPS) is 17.9. The number of phenolic OH excluding ortho intramolecular Hbond substituents is 1. The van der Waals surface area contributed by atoms with E-state index in [1.54, 1.807) is 17.2 Å². The molecule has 0 spiro atoms. The molecule has 0 saturated carbocycles. The molecule has 2 aromatic heterocycles. The van der Waals surface area contributed by atoms with Gasteiger partial charge in [0.1, 0.15) is 17.4 Å². The van der Waals surface area contributed by atoms with Crippen LogP contribution in [0.2, 0.25) is 0 Å². The second-order valence-corrected chi connectivity index (χ2v) is 11.4. The van der Waals surface area contributed by atoms with Crippen LogP contribution in [0.4, 0.5) is 20.3 Å². The fourth-order valence-corrected chi connectivity index (χ4v) is 6.42. The minimum Gasteiger partial charge on any atom is -0.507 e. The van der Waals surface area contributed by atoms with Gasteiger partial charge in [0.15, 0.2) is 5.82 Å². The van der Waals surface area contributed by atoms with Gasteiger partial charge in [0.2, 0.25) is 5.91 Å². The summed E-state index contributed by atoms with van der Waals surface area (Å²) in [5, 5.41) is 14.2. The average molecular weight is 587 g/mol. The van der Waals surface area contributed by atoms with Crippen molar-refractivity contribution in [2.45, 2.75) is 45.7 Å². The van der Waals surface area contributed by atoms with E-state index in [0.717, 1.165) is 11.6 Å². The standard InChI is InChI=1S/C32H32F2N6O3/c1-6-24(42)38-14-18(5)39-19(15-38)13-36-29-26-22(12-20(27(29)34)25-21(33)8-7-9-23(25)41)40(32(43)37-31(26)39)30-17(4)10-11-35-28(30)16(2)3/h6-12,16,18-19,36,41H,1,13-15H2,2-5H3. The second kappa shape index (κ2) is 10.5. The van der Waals surface area contributed by atoms with Gasteiger partial charge in [-0.2, -0.15) is 4.98 Å². The lowest BCUT2D eigenvalue weighted by Crippen LogP contribution is -2.61. The lowest BCUT2D eigenvalue weighted by atomic mass is 9.98. The molecule has 2 aliphatic rings. The molecule has 2 aromatic carbocycles. The molecule has 1 saturated heterocycles. The van der Waals surface area contributed by atoms with E-state index in [4.69, 9.17) is 0 Å². The fourth-order valence-electron chi connectivity index (χ4n) is 6.42. The van der Waals surface area contributed by atoms with Crippen molar-refractivity contribution in [2.75, 3.05) is 29.9 Å². The molecule has 1 amide bonds. The van der Waals surface area contributed by atoms with Crippen LogP contribution in [0.1, 0.15) is 37.9 Å². The van der Waals surface area contributed by atoms with Crippen LogP contribution in [0.15, 0.2) is 54.0 Å². The third kappa shape index (κ3) is 4.41. The molecule has 6 rings (SSSR count). The molecule has 2 aliphatic heterocycles. The van der Waals surface area contributed by atoms with Crippen LogP contribution in [-0.2, 0) is 4.79 Å². The van der Waals surface area contributed by atoms with Gasteiger partial charge < -0.3 is 20.2 Å². The molecular weight excluding hydrogens is 554 g/mol. The Morgan fingerprint density at radius 1 is 1.23 bits per heavy atom. The number of nitrogens with one attached hydrogen (secondary N) is 1. The summed E-state index contributed by atoms with van der Waals surface area (Å²) in [7, 11) is 0. The van der Waals surface area contributed by atoms with E-state index in [2.05, 4.69) is 21.9 Å². The Morgan fingerprint density at radius 3 is 2.70 bits per heavy atom. The lowest BCUT2D eigenvalue weighted by molar-refractivity contribution is -0.127. The lowest BCUT2D eigenvalue weighted by Gasteiger charge is -2.45. The largest absolute Gasteiger partial charge is 0.507 e. The van der Waals surface area contributed by atoms with Gasteiger partial charge in [0, 0.05) is 37.4 Å². The average Bonchev–Trinajstić information content (AvgIpc) is 3.13. The van der Waals surface area contributed by atoms with Gasteiger partial charge >= 0.3 is 5.69 Å². The van der Waals surface area contributed by atoms with Crippen LogP contribution >= 0.6 is 0 Å². The summed E-state index contributed by atoms with van der Waals surface area (Å²) in [5.41, 5.74) is 1.09. The predicted molar refractivity (Wildman–Crippen MR) is 162 cm³/mol. The number of aryl methyl sites for hydroxylation is 1. The third-order valence-electron chi connectivity index (χ3n) is 8.32. The highest BCUT2D eigenvalue weighted by molar-refractivity contribution is 6.05. The number of pyridine rings is 1. The number of carbonyl (C=O) groups excluding carboxylic acids is 1. The Morgan fingerprint density at radius 2 is 2.00 bits per heavy atom. The van der Waals surface area contributed by atoms with Crippen LogP contribution in [0, 0.1) is 18.6 Å². The molecule has 0 radical (unpaired) electrons. The van der Waals surface area contributed by atoms with Gasteiger partial charge in [-0.05, 0) is 55.7 Å². The number of fused-ring (bicyclic) bond motifs is 2. The van der Waals surface area contributed by atoms with Crippen LogP contribution in [0.3, 0.4) is 0 Å². The van der Waals surface area contributed by atoms with Crippen LogP contribution in [0.25, 0.3) is 27.7 Å². The summed E-state index contributed by atoms with van der Waals surface area (Å²) < 4.78 is 33.3. The van der Waals surface area contributed by atoms with Crippen molar-refractivity contribution in [3.63, 3.8) is 0 Å². The first-order valence-corrected chi connectivity index (χ1v) is 14.2. The molecular formula is C32H32F2N6O3. The first-order valence-electron chi connectivity index (χ1n) is 14.2. The molecule has 0 aliphatic carbocycles. The van der Waals surface area contributed by atoms with E-state index in [1.807, 2.05) is 32.6 Å². The van der Waals surface area contributed by atoms with Gasteiger partial charge in [-0.1, -0.05) is 26.5 Å². The molecule has 4 heterocycles. The first kappa shape index (κ1) is 28.3.